The summed E-state index contributed by atoms with van der Waals surface area (Å²) in [5.41, 5.74) is 3.05. The first kappa shape index (κ1) is 23.5. The van der Waals surface area contributed by atoms with Crippen molar-refractivity contribution in [2.75, 3.05) is 18.4 Å². The number of thiophene rings is 1. The number of ether oxygens (including phenoxy) is 1. The van der Waals surface area contributed by atoms with E-state index in [2.05, 4.69) is 10.8 Å². The summed E-state index contributed by atoms with van der Waals surface area (Å²) in [4.78, 5) is 28.2. The van der Waals surface area contributed by atoms with Gasteiger partial charge in [-0.15, -0.1) is 11.3 Å². The van der Waals surface area contributed by atoms with E-state index in [1.165, 1.54) is 7.11 Å². The molecule has 9 heteroatoms. The van der Waals surface area contributed by atoms with Gasteiger partial charge in [0.15, 0.2) is 4.21 Å². The van der Waals surface area contributed by atoms with E-state index in [-0.39, 0.29) is 21.6 Å². The van der Waals surface area contributed by atoms with Gasteiger partial charge in [0.2, 0.25) is 5.91 Å². The van der Waals surface area contributed by atoms with Crippen molar-refractivity contribution in [2.45, 2.75) is 50.3 Å². The number of amides is 1. The number of aryl methyl sites for hydroxylation is 2. The van der Waals surface area contributed by atoms with Crippen LogP contribution in [0.3, 0.4) is 0 Å². The molecule has 1 aromatic heterocycles. The average molecular weight is 489 g/mol. The zero-order valence-electron chi connectivity index (χ0n) is 19.0. The topological polar surface area (TPSA) is 92.8 Å². The van der Waals surface area contributed by atoms with Crippen LogP contribution in [0.25, 0.3) is 0 Å². The number of methoxy groups -OCH3 is 1. The summed E-state index contributed by atoms with van der Waals surface area (Å²) in [5.74, 6) is -0.618. The Kier molecular flexibility index (Phi) is 6.63. The average Bonchev–Trinajstić information content (AvgIpc) is 3.17. The first-order valence-corrected chi connectivity index (χ1v) is 13.3. The third-order valence-corrected chi connectivity index (χ3v) is 9.18. The van der Waals surface area contributed by atoms with Crippen molar-refractivity contribution in [3.8, 4) is 0 Å². The maximum absolute atomic E-state index is 13.3. The number of rotatable bonds is 5. The van der Waals surface area contributed by atoms with Gasteiger partial charge in [0.25, 0.3) is 10.0 Å². The van der Waals surface area contributed by atoms with Gasteiger partial charge in [-0.2, -0.15) is 0 Å². The molecule has 33 heavy (non-hydrogen) atoms. The Balaban J connectivity index is 1.67. The molecular formula is C24H28N2O5S2. The number of esters is 1. The molecule has 2 aliphatic rings. The number of anilines is 1. The molecule has 0 unspecified atom stereocenters. The monoisotopic (exact) mass is 488 g/mol. The molecule has 0 bridgehead atoms. The summed E-state index contributed by atoms with van der Waals surface area (Å²) in [6.45, 7) is 4.54. The molecule has 2 heterocycles. The lowest BCUT2D eigenvalue weighted by molar-refractivity contribution is -0.136. The van der Waals surface area contributed by atoms with E-state index in [0.29, 0.717) is 30.8 Å². The maximum Gasteiger partial charge on any atom is 0.340 e. The molecule has 0 radical (unpaired) electrons. The molecule has 1 atom stereocenters. The van der Waals surface area contributed by atoms with Crippen LogP contribution in [0, 0.1) is 19.8 Å². The first-order chi connectivity index (χ1) is 15.7. The molecular weight excluding hydrogens is 460 g/mol. The maximum atomic E-state index is 13.3. The van der Waals surface area contributed by atoms with Gasteiger partial charge in [0.1, 0.15) is 0 Å². The highest BCUT2D eigenvalue weighted by molar-refractivity contribution is 7.94. The van der Waals surface area contributed by atoms with Crippen LogP contribution in [0.5, 0.6) is 0 Å². The Morgan fingerprint density at radius 2 is 1.88 bits per heavy atom. The molecule has 0 spiro atoms. The van der Waals surface area contributed by atoms with Gasteiger partial charge in [-0.3, -0.25) is 9.52 Å². The third-order valence-electron chi connectivity index (χ3n) is 6.06. The second-order valence-electron chi connectivity index (χ2n) is 8.63. The van der Waals surface area contributed by atoms with Crippen molar-refractivity contribution in [1.29, 1.82) is 0 Å². The predicted octanol–water partition coefficient (Wildman–Crippen LogP) is 4.19. The summed E-state index contributed by atoms with van der Waals surface area (Å²) < 4.78 is 34.2. The van der Waals surface area contributed by atoms with Gasteiger partial charge in [0.05, 0.1) is 19.2 Å². The van der Waals surface area contributed by atoms with Crippen LogP contribution in [0.1, 0.15) is 51.2 Å². The fourth-order valence-corrected chi connectivity index (χ4v) is 7.52. The number of nitrogens with zero attached hydrogens (tertiary/aromatic N) is 1. The molecule has 1 aromatic carbocycles. The highest BCUT2D eigenvalue weighted by Crippen LogP contribution is 2.38. The van der Waals surface area contributed by atoms with Crippen LogP contribution in [0.4, 0.5) is 5.69 Å². The van der Waals surface area contributed by atoms with Crippen LogP contribution >= 0.6 is 11.3 Å². The van der Waals surface area contributed by atoms with Gasteiger partial charge in [-0.1, -0.05) is 18.2 Å². The Bertz CT molecular complexity index is 1210. The van der Waals surface area contributed by atoms with E-state index in [9.17, 15) is 18.0 Å². The molecule has 1 amide bonds. The fourth-order valence-electron chi connectivity index (χ4n) is 4.58. The van der Waals surface area contributed by atoms with Crippen molar-refractivity contribution < 1.29 is 22.7 Å². The summed E-state index contributed by atoms with van der Waals surface area (Å²) >= 11 is 1.05. The smallest absolute Gasteiger partial charge is 0.340 e. The predicted molar refractivity (Wildman–Crippen MR) is 128 cm³/mol. The second kappa shape index (κ2) is 9.30. The Morgan fingerprint density at radius 1 is 1.15 bits per heavy atom. The van der Waals surface area contributed by atoms with E-state index in [1.807, 2.05) is 26.0 Å². The van der Waals surface area contributed by atoms with Gasteiger partial charge in [-0.05, 0) is 68.4 Å². The van der Waals surface area contributed by atoms with Crippen molar-refractivity contribution in [3.63, 3.8) is 0 Å². The lowest BCUT2D eigenvalue weighted by Crippen LogP contribution is -2.39. The lowest BCUT2D eigenvalue weighted by atomic mass is 9.92. The van der Waals surface area contributed by atoms with Crippen molar-refractivity contribution in [2.24, 2.45) is 5.92 Å². The summed E-state index contributed by atoms with van der Waals surface area (Å²) in [5, 5.41) is 0. The van der Waals surface area contributed by atoms with Crippen molar-refractivity contribution in [3.05, 3.63) is 57.5 Å². The number of carbonyl (C=O) groups is 2. The van der Waals surface area contributed by atoms with Crippen LogP contribution in [0.2, 0.25) is 0 Å². The number of benzene rings is 1. The molecule has 1 N–H and O–H groups in total. The third kappa shape index (κ3) is 4.84. The number of fused-ring (bicyclic) bond motifs is 1. The number of allylic oxidation sites excluding steroid dienone is 2. The molecule has 0 fully saturated rings. The van der Waals surface area contributed by atoms with Crippen molar-refractivity contribution >= 4 is 38.9 Å². The lowest BCUT2D eigenvalue weighted by Gasteiger charge is -2.31. The zero-order chi connectivity index (χ0) is 23.8. The van der Waals surface area contributed by atoms with E-state index >= 15 is 0 Å². The minimum atomic E-state index is -4.03. The standard InChI is InChI=1S/C24H28N2O5S2/c1-15-11-16(2)13-18(12-15)25-33(29,30)24-21(23(28)31-3)19-9-10-26(14-20(19)32-24)22(27)17-7-5-4-6-8-17/h4-5,11-13,17,25H,6-10,14H2,1-3H3/t17-/m1/s1. The summed E-state index contributed by atoms with van der Waals surface area (Å²) in [6, 6.07) is 5.44. The highest BCUT2D eigenvalue weighted by Gasteiger charge is 2.36. The molecule has 0 saturated heterocycles. The van der Waals surface area contributed by atoms with E-state index in [1.54, 1.807) is 17.0 Å². The Hall–Kier alpha value is -2.65. The number of carbonyl (C=O) groups excluding carboxylic acids is 2. The molecule has 1 aliphatic heterocycles. The zero-order valence-corrected chi connectivity index (χ0v) is 20.6. The molecule has 4 rings (SSSR count). The van der Waals surface area contributed by atoms with Crippen molar-refractivity contribution in [1.82, 2.24) is 4.90 Å². The number of hydrogen-bond donors (Lipinski definition) is 1. The van der Waals surface area contributed by atoms with Gasteiger partial charge in [0, 0.05) is 23.0 Å². The molecule has 2 aromatic rings. The van der Waals surface area contributed by atoms with Crippen LogP contribution in [0.15, 0.2) is 34.6 Å². The number of sulfonamides is 1. The van der Waals surface area contributed by atoms with Crippen LogP contribution in [-0.2, 0) is 32.5 Å². The van der Waals surface area contributed by atoms with E-state index in [0.717, 1.165) is 46.6 Å². The summed E-state index contributed by atoms with van der Waals surface area (Å²) in [6.07, 6.45) is 7.03. The SMILES string of the molecule is COC(=O)c1c(S(=O)(=O)Nc2cc(C)cc(C)c2)sc2c1CCN(C(=O)[C@@H]1CC=CCC1)C2. The number of nitrogens with one attached hydrogen (secondary N) is 1. The summed E-state index contributed by atoms with van der Waals surface area (Å²) in [7, 11) is -2.78. The quantitative estimate of drug-likeness (QED) is 0.503. The Morgan fingerprint density at radius 3 is 2.52 bits per heavy atom. The molecule has 1 aliphatic carbocycles. The Labute approximate surface area is 198 Å². The fraction of sp³-hybridized carbons (Fsp3) is 0.417. The first-order valence-electron chi connectivity index (χ1n) is 11.0. The van der Waals surface area contributed by atoms with E-state index in [4.69, 9.17) is 4.74 Å². The van der Waals surface area contributed by atoms with Gasteiger partial charge in [-0.25, -0.2) is 13.2 Å². The minimum absolute atomic E-state index is 0.0361. The van der Waals surface area contributed by atoms with Gasteiger partial charge >= 0.3 is 5.97 Å². The number of hydrogen-bond acceptors (Lipinski definition) is 6. The van der Waals surface area contributed by atoms with Crippen LogP contribution < -0.4 is 4.72 Å². The minimum Gasteiger partial charge on any atom is -0.465 e. The van der Waals surface area contributed by atoms with Gasteiger partial charge < -0.3 is 9.64 Å². The largest absolute Gasteiger partial charge is 0.465 e. The molecule has 176 valence electrons. The van der Waals surface area contributed by atoms with E-state index < -0.39 is 16.0 Å². The van der Waals surface area contributed by atoms with Crippen LogP contribution in [-0.4, -0.2) is 38.8 Å². The highest BCUT2D eigenvalue weighted by atomic mass is 32.2. The second-order valence-corrected chi connectivity index (χ2v) is 11.6. The molecule has 0 saturated carbocycles. The molecule has 7 nitrogen and oxygen atoms in total. The normalized spacial score (nSPS) is 18.0.